The first-order valence-corrected chi connectivity index (χ1v) is 4.46. The van der Waals surface area contributed by atoms with Gasteiger partial charge in [-0.2, -0.15) is 0 Å². The molecule has 0 aliphatic carbocycles. The van der Waals surface area contributed by atoms with E-state index in [2.05, 4.69) is 15.9 Å². The summed E-state index contributed by atoms with van der Waals surface area (Å²) in [6.45, 7) is 3.35. The molecule has 3 heteroatoms. The third-order valence-corrected chi connectivity index (χ3v) is 2.73. The highest BCUT2D eigenvalue weighted by molar-refractivity contribution is 9.10. The van der Waals surface area contributed by atoms with Gasteiger partial charge in [0.15, 0.2) is 0 Å². The molecule has 12 heavy (non-hydrogen) atoms. The van der Waals surface area contributed by atoms with Crippen molar-refractivity contribution >= 4 is 15.9 Å². The number of aryl methyl sites for hydroxylation is 1. The number of halogens is 2. The van der Waals surface area contributed by atoms with E-state index in [1.54, 1.807) is 26.0 Å². The maximum atomic E-state index is 13.3. The van der Waals surface area contributed by atoms with Gasteiger partial charge in [0, 0.05) is 5.56 Å². The van der Waals surface area contributed by atoms with Crippen LogP contribution in [0.2, 0.25) is 0 Å². The van der Waals surface area contributed by atoms with Crippen molar-refractivity contribution in [1.82, 2.24) is 0 Å². The van der Waals surface area contributed by atoms with Crippen molar-refractivity contribution in [2.24, 2.45) is 0 Å². The fourth-order valence-corrected chi connectivity index (χ4v) is 1.34. The molecule has 0 aliphatic heterocycles. The molecule has 0 amide bonds. The van der Waals surface area contributed by atoms with Gasteiger partial charge >= 0.3 is 0 Å². The predicted molar refractivity (Wildman–Crippen MR) is 49.5 cm³/mol. The number of aliphatic hydroxyl groups is 1. The fraction of sp³-hybridized carbons (Fsp3) is 0.333. The zero-order chi connectivity index (χ0) is 9.30. The first-order chi connectivity index (χ1) is 5.54. The van der Waals surface area contributed by atoms with E-state index >= 15 is 0 Å². The maximum Gasteiger partial charge on any atom is 0.143 e. The quantitative estimate of drug-likeness (QED) is 0.790. The van der Waals surface area contributed by atoms with E-state index < -0.39 is 6.10 Å². The number of hydrogen-bond donors (Lipinski definition) is 1. The second kappa shape index (κ2) is 3.54. The molecule has 1 atom stereocenters. The van der Waals surface area contributed by atoms with Crippen LogP contribution in [0.1, 0.15) is 24.2 Å². The van der Waals surface area contributed by atoms with Crippen molar-refractivity contribution in [3.8, 4) is 0 Å². The highest BCUT2D eigenvalue weighted by atomic mass is 79.9. The van der Waals surface area contributed by atoms with E-state index in [0.717, 1.165) is 5.56 Å². The summed E-state index contributed by atoms with van der Waals surface area (Å²) < 4.78 is 13.7. The number of hydrogen-bond acceptors (Lipinski definition) is 1. The molecule has 0 saturated heterocycles. The van der Waals surface area contributed by atoms with E-state index in [1.807, 2.05) is 0 Å². The molecule has 1 aromatic rings. The largest absolute Gasteiger partial charge is 0.389 e. The third-order valence-electron chi connectivity index (χ3n) is 1.76. The van der Waals surface area contributed by atoms with Crippen LogP contribution in [0.5, 0.6) is 0 Å². The average molecular weight is 233 g/mol. The Morgan fingerprint density at radius 1 is 1.50 bits per heavy atom. The van der Waals surface area contributed by atoms with Crippen LogP contribution >= 0.6 is 15.9 Å². The molecule has 0 aromatic heterocycles. The van der Waals surface area contributed by atoms with E-state index in [0.29, 0.717) is 10.0 Å². The van der Waals surface area contributed by atoms with E-state index in [4.69, 9.17) is 5.11 Å². The molecule has 0 radical (unpaired) electrons. The summed E-state index contributed by atoms with van der Waals surface area (Å²) in [7, 11) is 0. The summed E-state index contributed by atoms with van der Waals surface area (Å²) >= 11 is 3.11. The summed E-state index contributed by atoms with van der Waals surface area (Å²) in [4.78, 5) is 0. The minimum Gasteiger partial charge on any atom is -0.389 e. The molecule has 0 fully saturated rings. The van der Waals surface area contributed by atoms with Crippen molar-refractivity contribution in [3.63, 3.8) is 0 Å². The zero-order valence-electron chi connectivity index (χ0n) is 6.94. The van der Waals surface area contributed by atoms with E-state index in [9.17, 15) is 4.39 Å². The zero-order valence-corrected chi connectivity index (χ0v) is 8.52. The molecule has 1 N–H and O–H groups in total. The van der Waals surface area contributed by atoms with Gasteiger partial charge in [-0.25, -0.2) is 4.39 Å². The summed E-state index contributed by atoms with van der Waals surface area (Å²) in [5.74, 6) is -0.370. The number of benzene rings is 1. The van der Waals surface area contributed by atoms with Gasteiger partial charge in [0.25, 0.3) is 0 Å². The van der Waals surface area contributed by atoms with Crippen molar-refractivity contribution in [3.05, 3.63) is 33.5 Å². The highest BCUT2D eigenvalue weighted by Crippen LogP contribution is 2.26. The van der Waals surface area contributed by atoms with Crippen LogP contribution in [0.4, 0.5) is 4.39 Å². The lowest BCUT2D eigenvalue weighted by Gasteiger charge is -2.08. The Balaban J connectivity index is 3.27. The predicted octanol–water partition coefficient (Wildman–Crippen LogP) is 2.95. The molecular formula is C9H10BrFO. The van der Waals surface area contributed by atoms with Gasteiger partial charge in [0.05, 0.1) is 10.6 Å². The van der Waals surface area contributed by atoms with Crippen LogP contribution in [-0.4, -0.2) is 5.11 Å². The van der Waals surface area contributed by atoms with Gasteiger partial charge in [-0.1, -0.05) is 12.1 Å². The smallest absolute Gasteiger partial charge is 0.143 e. The van der Waals surface area contributed by atoms with E-state index in [1.165, 1.54) is 0 Å². The first kappa shape index (κ1) is 9.68. The minimum atomic E-state index is -0.762. The first-order valence-electron chi connectivity index (χ1n) is 3.66. The van der Waals surface area contributed by atoms with Crippen LogP contribution in [0.15, 0.2) is 16.6 Å². The Morgan fingerprint density at radius 3 is 2.58 bits per heavy atom. The van der Waals surface area contributed by atoms with Gasteiger partial charge in [0.1, 0.15) is 5.82 Å². The van der Waals surface area contributed by atoms with Crippen molar-refractivity contribution in [2.45, 2.75) is 20.0 Å². The molecule has 0 saturated carbocycles. The lowest BCUT2D eigenvalue weighted by atomic mass is 10.1. The molecule has 0 spiro atoms. The summed E-state index contributed by atoms with van der Waals surface area (Å²) in [6.07, 6.45) is -0.762. The molecule has 1 aromatic carbocycles. The van der Waals surface area contributed by atoms with Crippen LogP contribution in [0.25, 0.3) is 0 Å². The molecule has 1 nitrogen and oxygen atoms in total. The lowest BCUT2D eigenvalue weighted by Crippen LogP contribution is -1.97. The molecule has 66 valence electrons. The standard InChI is InChI=1S/C9H10BrFO/c1-5-3-4-7(6(2)12)9(11)8(5)10/h3-4,6,12H,1-2H3. The molecule has 0 aliphatic rings. The molecule has 0 bridgehead atoms. The van der Waals surface area contributed by atoms with Crippen molar-refractivity contribution in [2.75, 3.05) is 0 Å². The number of rotatable bonds is 1. The monoisotopic (exact) mass is 232 g/mol. The highest BCUT2D eigenvalue weighted by Gasteiger charge is 2.11. The van der Waals surface area contributed by atoms with E-state index in [-0.39, 0.29) is 5.82 Å². The van der Waals surface area contributed by atoms with Gasteiger partial charge < -0.3 is 5.11 Å². The Labute approximate surface area is 79.4 Å². The molecule has 0 heterocycles. The Morgan fingerprint density at radius 2 is 2.08 bits per heavy atom. The normalized spacial score (nSPS) is 13.1. The van der Waals surface area contributed by atoms with Crippen LogP contribution in [0, 0.1) is 12.7 Å². The minimum absolute atomic E-state index is 0.326. The fourth-order valence-electron chi connectivity index (χ4n) is 0.984. The summed E-state index contributed by atoms with van der Waals surface area (Å²) in [5.41, 5.74) is 1.16. The van der Waals surface area contributed by atoms with Crippen LogP contribution in [-0.2, 0) is 0 Å². The Bertz CT molecular complexity index is 297. The topological polar surface area (TPSA) is 20.2 Å². The average Bonchev–Trinajstić information content (AvgIpc) is 2.00. The molecule has 1 unspecified atom stereocenters. The van der Waals surface area contributed by atoms with Crippen LogP contribution in [0.3, 0.4) is 0 Å². The second-order valence-corrected chi connectivity index (χ2v) is 3.57. The SMILES string of the molecule is Cc1ccc(C(C)O)c(F)c1Br. The maximum absolute atomic E-state index is 13.3. The second-order valence-electron chi connectivity index (χ2n) is 2.78. The molecule has 1 rings (SSSR count). The van der Waals surface area contributed by atoms with Crippen LogP contribution < -0.4 is 0 Å². The number of aliphatic hydroxyl groups excluding tert-OH is 1. The van der Waals surface area contributed by atoms with Gasteiger partial charge in [-0.3, -0.25) is 0 Å². The summed E-state index contributed by atoms with van der Waals surface area (Å²) in [6, 6.07) is 3.37. The lowest BCUT2D eigenvalue weighted by molar-refractivity contribution is 0.194. The summed E-state index contributed by atoms with van der Waals surface area (Å²) in [5, 5.41) is 9.16. The Kier molecular flexibility index (Phi) is 2.85. The van der Waals surface area contributed by atoms with Gasteiger partial charge in [0.2, 0.25) is 0 Å². The van der Waals surface area contributed by atoms with Crippen molar-refractivity contribution in [1.29, 1.82) is 0 Å². The van der Waals surface area contributed by atoms with Crippen molar-refractivity contribution < 1.29 is 9.50 Å². The van der Waals surface area contributed by atoms with Gasteiger partial charge in [-0.15, -0.1) is 0 Å². The van der Waals surface area contributed by atoms with Gasteiger partial charge in [-0.05, 0) is 35.3 Å². The Hall–Kier alpha value is -0.410. The third kappa shape index (κ3) is 1.67. The molecular weight excluding hydrogens is 223 g/mol.